The molecule has 0 aromatic carbocycles. The fourth-order valence-corrected chi connectivity index (χ4v) is 6.92. The molecule has 0 radical (unpaired) electrons. The van der Waals surface area contributed by atoms with Crippen LogP contribution in [-0.4, -0.2) is 46.9 Å². The molecule has 4 heteroatoms. The molecule has 2 aliphatic rings. The van der Waals surface area contributed by atoms with E-state index in [0.29, 0.717) is 0 Å². The molecule has 17 heavy (non-hydrogen) atoms. The number of rotatable bonds is 5. The van der Waals surface area contributed by atoms with Gasteiger partial charge in [0.1, 0.15) is 0 Å². The van der Waals surface area contributed by atoms with Crippen LogP contribution in [0.4, 0.5) is 0 Å². The van der Waals surface area contributed by atoms with Crippen molar-refractivity contribution in [2.45, 2.75) is 51.5 Å². The molecule has 0 N–H and O–H groups in total. The molecular weight excluding hydrogens is 230 g/mol. The Morgan fingerprint density at radius 2 is 1.82 bits per heavy atom. The fraction of sp³-hybridized carbons (Fsp3) is 1.00. The first-order valence-corrected chi connectivity index (χ1v) is 8.66. The summed E-state index contributed by atoms with van der Waals surface area (Å²) >= 11 is 0. The molecule has 2 rings (SSSR count). The van der Waals surface area contributed by atoms with E-state index < -0.39 is 9.45 Å². The van der Waals surface area contributed by atoms with Crippen LogP contribution in [0, 0.1) is 5.92 Å². The fourth-order valence-electron chi connectivity index (χ4n) is 4.35. The van der Waals surface area contributed by atoms with Crippen LogP contribution in [0.25, 0.3) is 0 Å². The second kappa shape index (κ2) is 5.82. The van der Waals surface area contributed by atoms with Crippen molar-refractivity contribution in [3.8, 4) is 0 Å². The molecule has 0 spiro atoms. The van der Waals surface area contributed by atoms with E-state index in [4.69, 9.17) is 8.85 Å². The van der Waals surface area contributed by atoms with E-state index in [1.807, 2.05) is 14.2 Å². The number of quaternary nitrogens is 1. The van der Waals surface area contributed by atoms with E-state index >= 15 is 0 Å². The summed E-state index contributed by atoms with van der Waals surface area (Å²) in [6.07, 6.45) is 8.36. The maximum atomic E-state index is 5.78. The number of hydrogen-bond donors (Lipinski definition) is 0. The summed E-state index contributed by atoms with van der Waals surface area (Å²) in [5, 5.41) is 0. The van der Waals surface area contributed by atoms with Crippen LogP contribution in [0.3, 0.4) is 0 Å². The molecule has 1 heterocycles. The van der Waals surface area contributed by atoms with E-state index in [2.05, 4.69) is 6.92 Å². The highest BCUT2D eigenvalue weighted by atomic mass is 28.3. The van der Waals surface area contributed by atoms with Crippen LogP contribution in [-0.2, 0) is 8.85 Å². The van der Waals surface area contributed by atoms with Crippen molar-refractivity contribution < 1.29 is 13.0 Å². The minimum Gasteiger partial charge on any atom is -0.354 e. The van der Waals surface area contributed by atoms with Crippen LogP contribution >= 0.6 is 0 Å². The summed E-state index contributed by atoms with van der Waals surface area (Å²) in [4.78, 5) is 0. The van der Waals surface area contributed by atoms with Crippen molar-refractivity contribution in [1.29, 1.82) is 0 Å². The molecule has 0 amide bonds. The molecule has 1 aliphatic carbocycles. The average Bonchev–Trinajstić information content (AvgIpc) is 2.72. The van der Waals surface area contributed by atoms with Crippen LogP contribution in [0.5, 0.6) is 0 Å². The second-order valence-corrected chi connectivity index (χ2v) is 8.31. The lowest BCUT2D eigenvalue weighted by molar-refractivity contribution is -0.857. The highest BCUT2D eigenvalue weighted by molar-refractivity contribution is 6.35. The lowest BCUT2D eigenvalue weighted by Gasteiger charge is -2.45. The van der Waals surface area contributed by atoms with Crippen LogP contribution in [0.1, 0.15) is 45.4 Å². The van der Waals surface area contributed by atoms with Crippen molar-refractivity contribution in [3.63, 3.8) is 0 Å². The Hall–Kier alpha value is 0.0969. The number of fused-ring (bicyclic) bond motifs is 1. The van der Waals surface area contributed by atoms with Gasteiger partial charge in [0.2, 0.25) is 0 Å². The maximum absolute atomic E-state index is 5.78. The van der Waals surface area contributed by atoms with Gasteiger partial charge in [-0.2, -0.15) is 0 Å². The van der Waals surface area contributed by atoms with E-state index in [9.17, 15) is 0 Å². The molecule has 0 aromatic heterocycles. The monoisotopic (exact) mass is 258 g/mol. The van der Waals surface area contributed by atoms with Gasteiger partial charge in [0.25, 0.3) is 0 Å². The summed E-state index contributed by atoms with van der Waals surface area (Å²) in [7, 11) is 2.15. The second-order valence-electron chi connectivity index (χ2n) is 5.73. The Balaban J connectivity index is 2.20. The predicted octanol–water partition coefficient (Wildman–Crippen LogP) is 2.19. The Labute approximate surface area is 108 Å². The van der Waals surface area contributed by atoms with Gasteiger partial charge in [-0.25, -0.2) is 0 Å². The van der Waals surface area contributed by atoms with Gasteiger partial charge < -0.3 is 13.0 Å². The first-order chi connectivity index (χ1) is 8.28. The van der Waals surface area contributed by atoms with Crippen molar-refractivity contribution in [2.75, 3.05) is 27.3 Å². The molecule has 1 saturated carbocycles. The molecular formula is C13H28NO2Si+. The molecule has 1 aliphatic heterocycles. The van der Waals surface area contributed by atoms with E-state index in [1.54, 1.807) is 0 Å². The molecule has 100 valence electrons. The molecule has 2 fully saturated rings. The number of nitrogens with zero attached hydrogens (tertiary/aromatic N) is 1. The lowest BCUT2D eigenvalue weighted by Crippen LogP contribution is -2.64. The highest BCUT2D eigenvalue weighted by Crippen LogP contribution is 2.42. The third kappa shape index (κ3) is 2.32. The topological polar surface area (TPSA) is 18.5 Å². The van der Waals surface area contributed by atoms with Gasteiger partial charge in [0.15, 0.2) is 0 Å². The van der Waals surface area contributed by atoms with Crippen molar-refractivity contribution in [3.05, 3.63) is 0 Å². The minimum absolute atomic E-state index is 0.847. The van der Waals surface area contributed by atoms with Crippen molar-refractivity contribution in [2.24, 2.45) is 5.92 Å². The summed E-state index contributed by atoms with van der Waals surface area (Å²) in [6.45, 7) is 4.87. The number of likely N-dealkylation sites (tertiary alicyclic amines) is 1. The Bertz CT molecular complexity index is 248. The average molecular weight is 258 g/mol. The van der Waals surface area contributed by atoms with Crippen molar-refractivity contribution in [1.82, 2.24) is 0 Å². The van der Waals surface area contributed by atoms with Crippen LogP contribution in [0.15, 0.2) is 0 Å². The first kappa shape index (κ1) is 13.5. The molecule has 0 aromatic rings. The SMILES string of the molecule is CCC[N+]1([SiH](OC)OC)CCC2CCCCC21. The Morgan fingerprint density at radius 3 is 2.47 bits per heavy atom. The smallest absolute Gasteiger partial charge is 0.354 e. The van der Waals surface area contributed by atoms with Gasteiger partial charge in [-0.05, 0) is 25.7 Å². The van der Waals surface area contributed by atoms with Gasteiger partial charge in [0, 0.05) is 26.6 Å². The quantitative estimate of drug-likeness (QED) is 0.704. The van der Waals surface area contributed by atoms with Gasteiger partial charge in [-0.15, -0.1) is 0 Å². The summed E-state index contributed by atoms with van der Waals surface area (Å²) in [5.41, 5.74) is 0. The van der Waals surface area contributed by atoms with Gasteiger partial charge in [-0.3, -0.25) is 0 Å². The largest absolute Gasteiger partial charge is 0.586 e. The van der Waals surface area contributed by atoms with Crippen molar-refractivity contribution >= 4 is 9.45 Å². The summed E-state index contributed by atoms with van der Waals surface area (Å²) < 4.78 is 12.8. The van der Waals surface area contributed by atoms with Crippen LogP contribution in [0.2, 0.25) is 0 Å². The normalized spacial score (nSPS) is 37.4. The molecule has 3 unspecified atom stereocenters. The predicted molar refractivity (Wildman–Crippen MR) is 71.8 cm³/mol. The Kier molecular flexibility index (Phi) is 4.63. The first-order valence-electron chi connectivity index (χ1n) is 7.20. The van der Waals surface area contributed by atoms with E-state index in [0.717, 1.165) is 12.0 Å². The van der Waals surface area contributed by atoms with Gasteiger partial charge in [-0.1, -0.05) is 13.3 Å². The zero-order chi connectivity index (χ0) is 12.3. The van der Waals surface area contributed by atoms with Gasteiger partial charge in [0.05, 0.1) is 19.1 Å². The zero-order valence-electron chi connectivity index (χ0n) is 11.7. The van der Waals surface area contributed by atoms with E-state index in [-0.39, 0.29) is 0 Å². The zero-order valence-corrected chi connectivity index (χ0v) is 12.8. The third-order valence-electron chi connectivity index (χ3n) is 4.91. The summed E-state index contributed by atoms with van der Waals surface area (Å²) in [6, 6.07) is 0.847. The van der Waals surface area contributed by atoms with Crippen LogP contribution < -0.4 is 0 Å². The molecule has 3 atom stereocenters. The molecule has 0 bridgehead atoms. The van der Waals surface area contributed by atoms with Gasteiger partial charge >= 0.3 is 9.45 Å². The number of hydrogen-bond acceptors (Lipinski definition) is 2. The third-order valence-corrected chi connectivity index (χ3v) is 7.45. The lowest BCUT2D eigenvalue weighted by atomic mass is 9.85. The highest BCUT2D eigenvalue weighted by Gasteiger charge is 2.54. The molecule has 3 nitrogen and oxygen atoms in total. The molecule has 1 saturated heterocycles. The maximum Gasteiger partial charge on any atom is 0.586 e. The van der Waals surface area contributed by atoms with E-state index in [1.165, 1.54) is 55.8 Å². The minimum atomic E-state index is -1.55. The Morgan fingerprint density at radius 1 is 1.12 bits per heavy atom. The summed E-state index contributed by atoms with van der Waals surface area (Å²) in [5.74, 6) is 0.954. The standard InChI is InChI=1S/C13H28NO2Si/c1-4-10-14(17(15-2)16-3)11-9-12-7-5-6-8-13(12)14/h12-13,17H,4-11H2,1-3H3/q+1.